The SMILES string of the molecule is CCCCc1oc2ccc([N+](=O)[O-])cc2c1C(=O)c1ccc(O)c(C)c1. The minimum absolute atomic E-state index is 0.0868. The number of phenolic OH excluding ortho intramolecular Hbond substituents is 1. The van der Waals surface area contributed by atoms with Gasteiger partial charge in [0.1, 0.15) is 17.1 Å². The van der Waals surface area contributed by atoms with E-state index in [1.807, 2.05) is 6.92 Å². The average Bonchev–Trinajstić information content (AvgIpc) is 2.98. The van der Waals surface area contributed by atoms with Crippen molar-refractivity contribution in [2.75, 3.05) is 0 Å². The fourth-order valence-electron chi connectivity index (χ4n) is 2.95. The summed E-state index contributed by atoms with van der Waals surface area (Å²) in [7, 11) is 0. The molecule has 6 nitrogen and oxygen atoms in total. The number of hydrogen-bond acceptors (Lipinski definition) is 5. The van der Waals surface area contributed by atoms with Gasteiger partial charge in [-0.15, -0.1) is 0 Å². The van der Waals surface area contributed by atoms with Gasteiger partial charge in [-0.05, 0) is 43.2 Å². The fraction of sp³-hybridized carbons (Fsp3) is 0.250. The number of aromatic hydroxyl groups is 1. The number of hydrogen-bond donors (Lipinski definition) is 1. The van der Waals surface area contributed by atoms with Crippen LogP contribution in [0.5, 0.6) is 5.75 Å². The van der Waals surface area contributed by atoms with Crippen molar-refractivity contribution in [1.82, 2.24) is 0 Å². The van der Waals surface area contributed by atoms with Crippen LogP contribution in [0.4, 0.5) is 5.69 Å². The molecule has 0 spiro atoms. The van der Waals surface area contributed by atoms with Gasteiger partial charge in [-0.3, -0.25) is 14.9 Å². The van der Waals surface area contributed by atoms with E-state index in [4.69, 9.17) is 4.42 Å². The maximum absolute atomic E-state index is 13.1. The number of non-ortho nitro benzene ring substituents is 1. The predicted octanol–water partition coefficient (Wildman–Crippen LogP) is 4.93. The molecule has 3 rings (SSSR count). The third-order valence-corrected chi connectivity index (χ3v) is 4.40. The number of rotatable bonds is 6. The number of nitro groups is 1. The summed E-state index contributed by atoms with van der Waals surface area (Å²) in [5.41, 5.74) is 1.73. The van der Waals surface area contributed by atoms with Crippen molar-refractivity contribution < 1.29 is 19.2 Å². The maximum Gasteiger partial charge on any atom is 0.270 e. The van der Waals surface area contributed by atoms with Gasteiger partial charge in [-0.2, -0.15) is 0 Å². The van der Waals surface area contributed by atoms with Gasteiger partial charge in [-0.25, -0.2) is 0 Å². The maximum atomic E-state index is 13.1. The van der Waals surface area contributed by atoms with E-state index >= 15 is 0 Å². The van der Waals surface area contributed by atoms with E-state index in [-0.39, 0.29) is 17.2 Å². The molecule has 1 N–H and O–H groups in total. The van der Waals surface area contributed by atoms with Crippen LogP contribution >= 0.6 is 0 Å². The van der Waals surface area contributed by atoms with E-state index in [0.29, 0.717) is 39.8 Å². The summed E-state index contributed by atoms with van der Waals surface area (Å²) < 4.78 is 5.84. The van der Waals surface area contributed by atoms with Crippen molar-refractivity contribution in [2.45, 2.75) is 33.1 Å². The second-order valence-corrected chi connectivity index (χ2v) is 6.27. The lowest BCUT2D eigenvalue weighted by atomic mass is 9.97. The van der Waals surface area contributed by atoms with Crippen molar-refractivity contribution in [3.05, 3.63) is 69.0 Å². The van der Waals surface area contributed by atoms with E-state index in [2.05, 4.69) is 0 Å². The Kier molecular flexibility index (Phi) is 4.75. The average molecular weight is 353 g/mol. The minimum Gasteiger partial charge on any atom is -0.508 e. The molecule has 1 aromatic heterocycles. The molecule has 0 radical (unpaired) electrons. The molecule has 1 heterocycles. The highest BCUT2D eigenvalue weighted by Crippen LogP contribution is 2.32. The standard InChI is InChI=1S/C20H19NO5/c1-3-4-5-18-19(20(23)13-6-8-16(22)12(2)10-13)15-11-14(21(24)25)7-9-17(15)26-18/h6-11,22H,3-5H2,1-2H3. The minimum atomic E-state index is -0.489. The number of nitrogens with zero attached hydrogens (tertiary/aromatic N) is 1. The molecule has 0 bridgehead atoms. The summed E-state index contributed by atoms with van der Waals surface area (Å²) in [6, 6.07) is 8.91. The predicted molar refractivity (Wildman–Crippen MR) is 97.8 cm³/mol. The second kappa shape index (κ2) is 7.00. The lowest BCUT2D eigenvalue weighted by Gasteiger charge is -2.05. The van der Waals surface area contributed by atoms with E-state index in [0.717, 1.165) is 12.8 Å². The van der Waals surface area contributed by atoms with Crippen LogP contribution in [0.1, 0.15) is 47.0 Å². The molecule has 0 amide bonds. The first-order valence-corrected chi connectivity index (χ1v) is 8.46. The first kappa shape index (κ1) is 17.7. The number of nitro benzene ring substituents is 1. The van der Waals surface area contributed by atoms with Gasteiger partial charge in [0.2, 0.25) is 0 Å². The summed E-state index contributed by atoms with van der Waals surface area (Å²) in [6.45, 7) is 3.75. The summed E-state index contributed by atoms with van der Waals surface area (Å²) >= 11 is 0. The van der Waals surface area contributed by atoms with Gasteiger partial charge in [0.05, 0.1) is 10.5 Å². The van der Waals surface area contributed by atoms with Crippen LogP contribution in [0.3, 0.4) is 0 Å². The molecule has 134 valence electrons. The molecule has 0 atom stereocenters. The number of ketones is 1. The largest absolute Gasteiger partial charge is 0.508 e. The van der Waals surface area contributed by atoms with Gasteiger partial charge in [0.15, 0.2) is 5.78 Å². The molecule has 0 aliphatic heterocycles. The number of benzene rings is 2. The molecule has 0 unspecified atom stereocenters. The highest BCUT2D eigenvalue weighted by atomic mass is 16.6. The Morgan fingerprint density at radius 2 is 2.00 bits per heavy atom. The van der Waals surface area contributed by atoms with Gasteiger partial charge >= 0.3 is 0 Å². The first-order valence-electron chi connectivity index (χ1n) is 8.46. The number of fused-ring (bicyclic) bond motifs is 1. The zero-order chi connectivity index (χ0) is 18.8. The number of carbonyl (C=O) groups excluding carboxylic acids is 1. The lowest BCUT2D eigenvalue weighted by Crippen LogP contribution is -2.04. The van der Waals surface area contributed by atoms with Crippen LogP contribution in [0, 0.1) is 17.0 Å². The molecule has 0 saturated heterocycles. The van der Waals surface area contributed by atoms with Crippen molar-refractivity contribution in [1.29, 1.82) is 0 Å². The Hall–Kier alpha value is -3.15. The Morgan fingerprint density at radius 1 is 1.23 bits per heavy atom. The van der Waals surface area contributed by atoms with Crippen molar-refractivity contribution in [3.8, 4) is 5.75 Å². The third-order valence-electron chi connectivity index (χ3n) is 4.40. The molecule has 0 saturated carbocycles. The molecule has 0 fully saturated rings. The first-order chi connectivity index (χ1) is 12.4. The van der Waals surface area contributed by atoms with Gasteiger partial charge in [0.25, 0.3) is 5.69 Å². The number of phenols is 1. The molecule has 26 heavy (non-hydrogen) atoms. The molecule has 3 aromatic rings. The van der Waals surface area contributed by atoms with Crippen molar-refractivity contribution in [3.63, 3.8) is 0 Å². The van der Waals surface area contributed by atoms with Gasteiger partial charge in [0, 0.05) is 29.5 Å². The summed E-state index contributed by atoms with van der Waals surface area (Å²) in [5, 5.41) is 21.3. The van der Waals surface area contributed by atoms with Crippen LogP contribution < -0.4 is 0 Å². The normalized spacial score (nSPS) is 11.0. The highest BCUT2D eigenvalue weighted by molar-refractivity contribution is 6.17. The zero-order valence-corrected chi connectivity index (χ0v) is 14.6. The van der Waals surface area contributed by atoms with E-state index in [1.54, 1.807) is 19.1 Å². The third kappa shape index (κ3) is 3.18. The topological polar surface area (TPSA) is 93.6 Å². The van der Waals surface area contributed by atoms with Crippen LogP contribution in [0.25, 0.3) is 11.0 Å². The molecular formula is C20H19NO5. The number of aryl methyl sites for hydroxylation is 2. The van der Waals surface area contributed by atoms with Gasteiger partial charge in [-0.1, -0.05) is 13.3 Å². The summed E-state index contributed by atoms with van der Waals surface area (Å²) in [4.78, 5) is 23.8. The zero-order valence-electron chi connectivity index (χ0n) is 14.6. The molecule has 2 aromatic carbocycles. The lowest BCUT2D eigenvalue weighted by molar-refractivity contribution is -0.384. The van der Waals surface area contributed by atoms with Crippen LogP contribution in [-0.4, -0.2) is 15.8 Å². The second-order valence-electron chi connectivity index (χ2n) is 6.27. The Morgan fingerprint density at radius 3 is 2.65 bits per heavy atom. The Labute approximate surface area is 150 Å². The monoisotopic (exact) mass is 353 g/mol. The van der Waals surface area contributed by atoms with E-state index in [9.17, 15) is 20.0 Å². The molecular weight excluding hydrogens is 334 g/mol. The van der Waals surface area contributed by atoms with Crippen molar-refractivity contribution >= 4 is 22.4 Å². The molecule has 0 aliphatic carbocycles. The summed E-state index contributed by atoms with van der Waals surface area (Å²) in [5.74, 6) is 0.386. The van der Waals surface area contributed by atoms with Gasteiger partial charge < -0.3 is 9.52 Å². The highest BCUT2D eigenvalue weighted by Gasteiger charge is 2.24. The van der Waals surface area contributed by atoms with Crippen LogP contribution in [0.2, 0.25) is 0 Å². The number of furan rings is 1. The van der Waals surface area contributed by atoms with E-state index < -0.39 is 4.92 Å². The summed E-state index contributed by atoms with van der Waals surface area (Å²) in [6.07, 6.45) is 2.36. The smallest absolute Gasteiger partial charge is 0.270 e. The molecule has 6 heteroatoms. The Balaban J connectivity index is 2.19. The van der Waals surface area contributed by atoms with Crippen molar-refractivity contribution in [2.24, 2.45) is 0 Å². The van der Waals surface area contributed by atoms with Crippen LogP contribution in [-0.2, 0) is 6.42 Å². The molecule has 0 aliphatic rings. The van der Waals surface area contributed by atoms with E-state index in [1.165, 1.54) is 24.3 Å². The number of carbonyl (C=O) groups is 1. The fourth-order valence-corrected chi connectivity index (χ4v) is 2.95. The number of unbranched alkanes of at least 4 members (excludes halogenated alkanes) is 1. The van der Waals surface area contributed by atoms with Crippen LogP contribution in [0.15, 0.2) is 40.8 Å². The quantitative estimate of drug-likeness (QED) is 0.385. The Bertz CT molecular complexity index is 1000.